The van der Waals surface area contributed by atoms with E-state index in [1.807, 2.05) is 12.1 Å². The van der Waals surface area contributed by atoms with Crippen LogP contribution in [0.1, 0.15) is 12.8 Å². The number of anilines is 1. The van der Waals surface area contributed by atoms with Gasteiger partial charge in [-0.3, -0.25) is 0 Å². The number of nitrogens with one attached hydrogen (secondary N) is 1. The Balaban J connectivity index is 1.90. The smallest absolute Gasteiger partial charge is 0.137 e. The maximum Gasteiger partial charge on any atom is 0.137 e. The van der Waals surface area contributed by atoms with Crippen LogP contribution in [0.4, 0.5) is 5.82 Å². The quantitative estimate of drug-likeness (QED) is 0.751. The summed E-state index contributed by atoms with van der Waals surface area (Å²) in [5.41, 5.74) is 5.69. The summed E-state index contributed by atoms with van der Waals surface area (Å²) in [7, 11) is 1.63. The Bertz CT molecular complexity index is 293. The third-order valence-electron chi connectivity index (χ3n) is 2.50. The molecule has 4 heteroatoms. The van der Waals surface area contributed by atoms with Crippen LogP contribution >= 0.6 is 0 Å². The maximum absolute atomic E-state index is 5.69. The van der Waals surface area contributed by atoms with Crippen molar-refractivity contribution in [3.05, 3.63) is 18.3 Å². The van der Waals surface area contributed by atoms with Crippen molar-refractivity contribution < 1.29 is 4.74 Å². The van der Waals surface area contributed by atoms with E-state index in [4.69, 9.17) is 10.5 Å². The lowest BCUT2D eigenvalue weighted by Crippen LogP contribution is -2.44. The molecule has 4 nitrogen and oxygen atoms in total. The molecule has 0 unspecified atom stereocenters. The summed E-state index contributed by atoms with van der Waals surface area (Å²) in [5, 5.41) is 3.31. The fourth-order valence-corrected chi connectivity index (χ4v) is 1.58. The van der Waals surface area contributed by atoms with Gasteiger partial charge in [0.25, 0.3) is 0 Å². The topological polar surface area (TPSA) is 60.2 Å². The van der Waals surface area contributed by atoms with E-state index in [-0.39, 0.29) is 0 Å². The molecule has 0 spiro atoms. The van der Waals surface area contributed by atoms with Gasteiger partial charge in [-0.1, -0.05) is 0 Å². The molecule has 1 fully saturated rings. The summed E-state index contributed by atoms with van der Waals surface area (Å²) in [5.74, 6) is 1.67. The van der Waals surface area contributed by atoms with Crippen LogP contribution in [-0.4, -0.2) is 24.2 Å². The monoisotopic (exact) mass is 193 g/mol. The Hall–Kier alpha value is -1.29. The van der Waals surface area contributed by atoms with Crippen molar-refractivity contribution in [1.29, 1.82) is 0 Å². The number of nitrogens with zero attached hydrogens (tertiary/aromatic N) is 1. The van der Waals surface area contributed by atoms with E-state index in [1.54, 1.807) is 13.3 Å². The number of aromatic nitrogens is 1. The number of hydrogen-bond donors (Lipinski definition) is 2. The highest BCUT2D eigenvalue weighted by molar-refractivity contribution is 5.39. The van der Waals surface area contributed by atoms with Gasteiger partial charge in [0.05, 0.1) is 13.3 Å². The normalized spacial score (nSPS) is 25.3. The van der Waals surface area contributed by atoms with Crippen molar-refractivity contribution >= 4 is 5.82 Å². The number of hydrogen-bond acceptors (Lipinski definition) is 4. The molecule has 0 radical (unpaired) electrons. The van der Waals surface area contributed by atoms with Gasteiger partial charge in [0.2, 0.25) is 0 Å². The zero-order valence-corrected chi connectivity index (χ0v) is 8.23. The van der Waals surface area contributed by atoms with Crippen LogP contribution in [0.15, 0.2) is 18.3 Å². The number of methoxy groups -OCH3 is 1. The summed E-state index contributed by atoms with van der Waals surface area (Å²) >= 11 is 0. The highest BCUT2D eigenvalue weighted by Crippen LogP contribution is 2.22. The van der Waals surface area contributed by atoms with Crippen LogP contribution in [0.2, 0.25) is 0 Å². The van der Waals surface area contributed by atoms with Crippen molar-refractivity contribution in [3.63, 3.8) is 0 Å². The van der Waals surface area contributed by atoms with Crippen molar-refractivity contribution in [2.45, 2.75) is 24.9 Å². The second-order valence-electron chi connectivity index (χ2n) is 3.66. The molecule has 1 aromatic heterocycles. The van der Waals surface area contributed by atoms with E-state index < -0.39 is 0 Å². The van der Waals surface area contributed by atoms with E-state index in [2.05, 4.69) is 10.3 Å². The Morgan fingerprint density at radius 3 is 2.79 bits per heavy atom. The maximum atomic E-state index is 5.69. The van der Waals surface area contributed by atoms with Gasteiger partial charge in [0.1, 0.15) is 11.6 Å². The van der Waals surface area contributed by atoms with E-state index in [9.17, 15) is 0 Å². The summed E-state index contributed by atoms with van der Waals surface area (Å²) in [4.78, 5) is 4.22. The van der Waals surface area contributed by atoms with Gasteiger partial charge in [0, 0.05) is 12.1 Å². The zero-order chi connectivity index (χ0) is 9.97. The molecule has 0 aliphatic heterocycles. The number of nitrogens with two attached hydrogens (primary N) is 1. The zero-order valence-electron chi connectivity index (χ0n) is 8.23. The first-order valence-corrected chi connectivity index (χ1v) is 4.80. The third kappa shape index (κ3) is 1.96. The van der Waals surface area contributed by atoms with Gasteiger partial charge >= 0.3 is 0 Å². The Kier molecular flexibility index (Phi) is 2.54. The molecule has 0 saturated heterocycles. The van der Waals surface area contributed by atoms with Gasteiger partial charge in [-0.15, -0.1) is 0 Å². The van der Waals surface area contributed by atoms with E-state index in [0.717, 1.165) is 24.4 Å². The molecule has 1 aliphatic carbocycles. The molecule has 1 heterocycles. The Morgan fingerprint density at radius 1 is 1.50 bits per heavy atom. The molecule has 2 rings (SSSR count). The highest BCUT2D eigenvalue weighted by Gasteiger charge is 2.25. The molecular formula is C10H15N3O. The van der Waals surface area contributed by atoms with Crippen molar-refractivity contribution in [2.75, 3.05) is 12.4 Å². The van der Waals surface area contributed by atoms with E-state index >= 15 is 0 Å². The van der Waals surface area contributed by atoms with Crippen LogP contribution in [0.3, 0.4) is 0 Å². The van der Waals surface area contributed by atoms with Crippen molar-refractivity contribution in [3.8, 4) is 5.75 Å². The molecular weight excluding hydrogens is 178 g/mol. The first-order valence-electron chi connectivity index (χ1n) is 4.80. The number of pyridine rings is 1. The van der Waals surface area contributed by atoms with Crippen LogP contribution in [0.25, 0.3) is 0 Å². The minimum Gasteiger partial charge on any atom is -0.495 e. The van der Waals surface area contributed by atoms with Crippen LogP contribution in [0.5, 0.6) is 5.75 Å². The molecule has 1 saturated carbocycles. The van der Waals surface area contributed by atoms with Crippen LogP contribution < -0.4 is 15.8 Å². The molecule has 14 heavy (non-hydrogen) atoms. The Labute approximate surface area is 83.5 Å². The van der Waals surface area contributed by atoms with Crippen molar-refractivity contribution in [2.24, 2.45) is 5.73 Å². The predicted octanol–water partition coefficient (Wildman–Crippen LogP) is 0.992. The predicted molar refractivity (Wildman–Crippen MR) is 55.4 cm³/mol. The first kappa shape index (κ1) is 9.27. The molecule has 0 atom stereocenters. The second kappa shape index (κ2) is 3.84. The molecule has 0 bridgehead atoms. The van der Waals surface area contributed by atoms with Crippen LogP contribution in [-0.2, 0) is 0 Å². The SMILES string of the molecule is COc1ccc(NC2CC(N)C2)nc1. The van der Waals surface area contributed by atoms with E-state index in [0.29, 0.717) is 12.1 Å². The molecule has 1 aliphatic rings. The number of rotatable bonds is 3. The molecule has 1 aromatic rings. The van der Waals surface area contributed by atoms with Gasteiger partial charge in [0.15, 0.2) is 0 Å². The summed E-state index contributed by atoms with van der Waals surface area (Å²) in [6, 6.07) is 4.67. The summed E-state index contributed by atoms with van der Waals surface area (Å²) in [6.07, 6.45) is 3.78. The highest BCUT2D eigenvalue weighted by atomic mass is 16.5. The van der Waals surface area contributed by atoms with Gasteiger partial charge < -0.3 is 15.8 Å². The molecule has 0 aromatic carbocycles. The number of ether oxygens (including phenoxy) is 1. The lowest BCUT2D eigenvalue weighted by atomic mass is 9.88. The fourth-order valence-electron chi connectivity index (χ4n) is 1.58. The van der Waals surface area contributed by atoms with Gasteiger partial charge in [-0.25, -0.2) is 4.98 Å². The Morgan fingerprint density at radius 2 is 2.29 bits per heavy atom. The van der Waals surface area contributed by atoms with Crippen LogP contribution in [0, 0.1) is 0 Å². The largest absolute Gasteiger partial charge is 0.495 e. The van der Waals surface area contributed by atoms with Crippen molar-refractivity contribution in [1.82, 2.24) is 4.98 Å². The lowest BCUT2D eigenvalue weighted by molar-refractivity contribution is 0.372. The lowest BCUT2D eigenvalue weighted by Gasteiger charge is -2.33. The van der Waals surface area contributed by atoms with Gasteiger partial charge in [-0.2, -0.15) is 0 Å². The minimum absolute atomic E-state index is 0.366. The molecule has 76 valence electrons. The van der Waals surface area contributed by atoms with Gasteiger partial charge in [-0.05, 0) is 25.0 Å². The standard InChI is InChI=1S/C10H15N3O/c1-14-9-2-3-10(12-6-9)13-8-4-7(11)5-8/h2-3,6-8H,4-5,11H2,1H3,(H,12,13). The second-order valence-corrected chi connectivity index (χ2v) is 3.66. The molecule has 3 N–H and O–H groups in total. The third-order valence-corrected chi connectivity index (χ3v) is 2.50. The minimum atomic E-state index is 0.366. The summed E-state index contributed by atoms with van der Waals surface area (Å²) in [6.45, 7) is 0. The first-order chi connectivity index (χ1) is 6.78. The molecule has 0 amide bonds. The fraction of sp³-hybridized carbons (Fsp3) is 0.500. The summed E-state index contributed by atoms with van der Waals surface area (Å²) < 4.78 is 5.02. The average molecular weight is 193 g/mol. The van der Waals surface area contributed by atoms with E-state index in [1.165, 1.54) is 0 Å². The average Bonchev–Trinajstić information content (AvgIpc) is 2.17.